The second-order valence-electron chi connectivity index (χ2n) is 7.36. The SMILES string of the molecule is CCCCn1ccnc1/C(=N\OCCN(CCC)CCC)c1ccc(OC)c(Cl)c1Cl. The van der Waals surface area contributed by atoms with Gasteiger partial charge in [0.05, 0.1) is 12.1 Å². The Kier molecular flexibility index (Phi) is 11.2. The van der Waals surface area contributed by atoms with E-state index in [-0.39, 0.29) is 0 Å². The average Bonchev–Trinajstić information content (AvgIpc) is 3.23. The largest absolute Gasteiger partial charge is 0.495 e. The van der Waals surface area contributed by atoms with Crippen LogP contribution in [0.25, 0.3) is 0 Å². The Balaban J connectivity index is 2.32. The van der Waals surface area contributed by atoms with Gasteiger partial charge in [0.15, 0.2) is 11.5 Å². The minimum Gasteiger partial charge on any atom is -0.495 e. The first kappa shape index (κ1) is 25.5. The molecule has 0 N–H and O–H groups in total. The van der Waals surface area contributed by atoms with Gasteiger partial charge in [0, 0.05) is 31.0 Å². The van der Waals surface area contributed by atoms with Crippen LogP contribution in [-0.2, 0) is 11.4 Å². The van der Waals surface area contributed by atoms with E-state index in [0.717, 1.165) is 51.9 Å². The van der Waals surface area contributed by atoms with Crippen molar-refractivity contribution in [3.8, 4) is 5.75 Å². The van der Waals surface area contributed by atoms with E-state index in [1.165, 1.54) is 0 Å². The molecule has 0 aliphatic carbocycles. The van der Waals surface area contributed by atoms with Crippen LogP contribution in [0, 0.1) is 0 Å². The Morgan fingerprint density at radius 1 is 1.06 bits per heavy atom. The molecule has 0 saturated carbocycles. The van der Waals surface area contributed by atoms with Gasteiger partial charge in [-0.3, -0.25) is 4.90 Å². The molecule has 0 fully saturated rings. The molecule has 2 aromatic rings. The summed E-state index contributed by atoms with van der Waals surface area (Å²) in [5.74, 6) is 1.22. The summed E-state index contributed by atoms with van der Waals surface area (Å²) in [7, 11) is 1.56. The molecule has 0 aliphatic heterocycles. The fourth-order valence-corrected chi connectivity index (χ4v) is 3.85. The molecule has 0 saturated heterocycles. The summed E-state index contributed by atoms with van der Waals surface area (Å²) in [6.45, 7) is 10.8. The van der Waals surface area contributed by atoms with Gasteiger partial charge in [-0.05, 0) is 44.5 Å². The van der Waals surface area contributed by atoms with Crippen LogP contribution in [-0.4, -0.2) is 53.5 Å². The van der Waals surface area contributed by atoms with Crippen molar-refractivity contribution in [2.45, 2.75) is 53.0 Å². The molecule has 2 rings (SSSR count). The number of halogens is 2. The minimum atomic E-state index is 0.345. The third-order valence-electron chi connectivity index (χ3n) is 4.94. The topological polar surface area (TPSA) is 51.9 Å². The first-order valence-corrected chi connectivity index (χ1v) is 11.8. The number of imidazole rings is 1. The number of aromatic nitrogens is 2. The van der Waals surface area contributed by atoms with Crippen molar-refractivity contribution in [1.29, 1.82) is 0 Å². The third-order valence-corrected chi connectivity index (χ3v) is 5.80. The smallest absolute Gasteiger partial charge is 0.162 e. The molecule has 0 radical (unpaired) electrons. The van der Waals surface area contributed by atoms with Crippen LogP contribution in [0.3, 0.4) is 0 Å². The quantitative estimate of drug-likeness (QED) is 0.197. The van der Waals surface area contributed by atoms with Crippen LogP contribution < -0.4 is 4.74 Å². The Labute approximate surface area is 196 Å². The summed E-state index contributed by atoms with van der Waals surface area (Å²) in [5.41, 5.74) is 1.23. The summed E-state index contributed by atoms with van der Waals surface area (Å²) in [6, 6.07) is 3.62. The Hall–Kier alpha value is -1.76. The van der Waals surface area contributed by atoms with Gasteiger partial charge in [-0.25, -0.2) is 4.98 Å². The van der Waals surface area contributed by atoms with Gasteiger partial charge in [0.25, 0.3) is 0 Å². The lowest BCUT2D eigenvalue weighted by Gasteiger charge is -2.20. The summed E-state index contributed by atoms with van der Waals surface area (Å²) >= 11 is 13.0. The molecule has 31 heavy (non-hydrogen) atoms. The first-order chi connectivity index (χ1) is 15.1. The number of nitrogens with zero attached hydrogens (tertiary/aromatic N) is 4. The zero-order valence-electron chi connectivity index (χ0n) is 19.0. The van der Waals surface area contributed by atoms with Gasteiger partial charge in [0.1, 0.15) is 17.4 Å². The van der Waals surface area contributed by atoms with Gasteiger partial charge < -0.3 is 14.1 Å². The molecular formula is C23H34Cl2N4O2. The highest BCUT2D eigenvalue weighted by Gasteiger charge is 2.21. The van der Waals surface area contributed by atoms with Crippen LogP contribution in [0.2, 0.25) is 10.0 Å². The highest BCUT2D eigenvalue weighted by atomic mass is 35.5. The van der Waals surface area contributed by atoms with Crippen molar-refractivity contribution in [3.05, 3.63) is 46.0 Å². The van der Waals surface area contributed by atoms with Gasteiger partial charge in [-0.2, -0.15) is 0 Å². The van der Waals surface area contributed by atoms with Crippen LogP contribution >= 0.6 is 23.2 Å². The van der Waals surface area contributed by atoms with Crippen LogP contribution in [0.5, 0.6) is 5.75 Å². The lowest BCUT2D eigenvalue weighted by atomic mass is 10.1. The van der Waals surface area contributed by atoms with E-state index in [9.17, 15) is 0 Å². The van der Waals surface area contributed by atoms with Crippen molar-refractivity contribution in [2.24, 2.45) is 5.16 Å². The zero-order chi connectivity index (χ0) is 22.6. The highest BCUT2D eigenvalue weighted by Crippen LogP contribution is 2.35. The molecule has 0 aliphatic rings. The molecule has 172 valence electrons. The molecule has 1 aromatic heterocycles. The Morgan fingerprint density at radius 2 is 1.81 bits per heavy atom. The highest BCUT2D eigenvalue weighted by molar-refractivity contribution is 6.45. The molecule has 1 heterocycles. The van der Waals surface area contributed by atoms with E-state index in [0.29, 0.717) is 39.5 Å². The van der Waals surface area contributed by atoms with E-state index in [1.807, 2.05) is 12.3 Å². The van der Waals surface area contributed by atoms with Gasteiger partial charge >= 0.3 is 0 Å². The van der Waals surface area contributed by atoms with E-state index in [2.05, 4.69) is 40.4 Å². The molecule has 0 spiro atoms. The number of oxime groups is 1. The summed E-state index contributed by atoms with van der Waals surface area (Å²) in [6.07, 6.45) is 8.07. The lowest BCUT2D eigenvalue weighted by molar-refractivity contribution is 0.110. The first-order valence-electron chi connectivity index (χ1n) is 11.0. The van der Waals surface area contributed by atoms with E-state index >= 15 is 0 Å². The average molecular weight is 469 g/mol. The standard InChI is InChI=1S/C23H34Cl2N4O2/c1-5-8-14-29-15-11-26-23(29)22(18-9-10-19(30-4)21(25)20(18)24)27-31-17-16-28(12-6-2)13-7-3/h9-11,15H,5-8,12-14,16-17H2,1-4H3/b27-22-. The van der Waals surface area contributed by atoms with Crippen LogP contribution in [0.1, 0.15) is 57.8 Å². The number of hydrogen-bond donors (Lipinski definition) is 0. The number of ether oxygens (including phenoxy) is 1. The summed E-state index contributed by atoms with van der Waals surface area (Å²) in [4.78, 5) is 12.7. The second kappa shape index (κ2) is 13.6. The van der Waals surface area contributed by atoms with Crippen molar-refractivity contribution < 1.29 is 9.57 Å². The van der Waals surface area contributed by atoms with Crippen molar-refractivity contribution in [1.82, 2.24) is 14.5 Å². The molecule has 0 amide bonds. The van der Waals surface area contributed by atoms with Crippen molar-refractivity contribution in [2.75, 3.05) is 33.4 Å². The number of hydrogen-bond acceptors (Lipinski definition) is 5. The maximum atomic E-state index is 6.60. The molecule has 0 unspecified atom stereocenters. The number of unbranched alkanes of at least 4 members (excludes halogenated alkanes) is 1. The number of methoxy groups -OCH3 is 1. The third kappa shape index (κ3) is 7.13. The van der Waals surface area contributed by atoms with Gasteiger partial charge in [-0.1, -0.05) is 55.5 Å². The maximum Gasteiger partial charge on any atom is 0.162 e. The normalized spacial score (nSPS) is 11.9. The summed E-state index contributed by atoms with van der Waals surface area (Å²) < 4.78 is 7.36. The molecule has 1 aromatic carbocycles. The molecule has 0 bridgehead atoms. The Morgan fingerprint density at radius 3 is 2.45 bits per heavy atom. The monoisotopic (exact) mass is 468 g/mol. The van der Waals surface area contributed by atoms with E-state index < -0.39 is 0 Å². The number of aryl methyl sites for hydroxylation is 1. The fourth-order valence-electron chi connectivity index (χ4n) is 3.37. The molecule has 8 heteroatoms. The van der Waals surface area contributed by atoms with Crippen LogP contribution in [0.15, 0.2) is 29.7 Å². The van der Waals surface area contributed by atoms with E-state index in [4.69, 9.17) is 32.8 Å². The predicted octanol–water partition coefficient (Wildman–Crippen LogP) is 5.89. The molecule has 0 atom stereocenters. The molecular weight excluding hydrogens is 435 g/mol. The number of rotatable bonds is 14. The van der Waals surface area contributed by atoms with Gasteiger partial charge in [0.2, 0.25) is 0 Å². The molecule has 6 nitrogen and oxygen atoms in total. The fraction of sp³-hybridized carbons (Fsp3) is 0.565. The van der Waals surface area contributed by atoms with Crippen molar-refractivity contribution in [3.63, 3.8) is 0 Å². The van der Waals surface area contributed by atoms with E-state index in [1.54, 1.807) is 19.4 Å². The zero-order valence-corrected chi connectivity index (χ0v) is 20.5. The predicted molar refractivity (Wildman–Crippen MR) is 129 cm³/mol. The Bertz CT molecular complexity index is 833. The lowest BCUT2D eigenvalue weighted by Crippen LogP contribution is -2.29. The van der Waals surface area contributed by atoms with Crippen LogP contribution in [0.4, 0.5) is 0 Å². The second-order valence-corrected chi connectivity index (χ2v) is 8.11. The minimum absolute atomic E-state index is 0.345. The summed E-state index contributed by atoms with van der Waals surface area (Å²) in [5, 5.41) is 5.19. The van der Waals surface area contributed by atoms with Gasteiger partial charge in [-0.15, -0.1) is 0 Å². The number of benzene rings is 1. The van der Waals surface area contributed by atoms with Crippen molar-refractivity contribution >= 4 is 28.9 Å². The maximum absolute atomic E-state index is 6.60.